The van der Waals surface area contributed by atoms with E-state index in [4.69, 9.17) is 5.11 Å². The second-order valence-corrected chi connectivity index (χ2v) is 2.11. The van der Waals surface area contributed by atoms with Gasteiger partial charge in [0.05, 0.1) is 6.42 Å². The maximum Gasteiger partial charge on any atom is 0.453 e. The van der Waals surface area contributed by atoms with Crippen molar-refractivity contribution in [2.75, 3.05) is 0 Å². The van der Waals surface area contributed by atoms with Gasteiger partial charge in [0.2, 0.25) is 5.78 Å². The fourth-order valence-corrected chi connectivity index (χ4v) is 0.377. The highest BCUT2D eigenvalue weighted by Crippen LogP contribution is 2.37. The number of rotatable bonds is 3. The lowest BCUT2D eigenvalue weighted by atomic mass is 10.1. The molecule has 0 aromatic heterocycles. The molecule has 0 saturated heterocycles. The Balaban J connectivity index is 4.53. The third kappa shape index (κ3) is 2.96. The van der Waals surface area contributed by atoms with Crippen LogP contribution in [0.4, 0.5) is 22.0 Å². The molecule has 13 heavy (non-hydrogen) atoms. The zero-order valence-corrected chi connectivity index (χ0v) is 5.86. The molecule has 0 aliphatic rings. The summed E-state index contributed by atoms with van der Waals surface area (Å²) in [6.07, 6.45) is -8.27. The summed E-state index contributed by atoms with van der Waals surface area (Å²) in [5.74, 6) is -9.78. The van der Waals surface area contributed by atoms with Gasteiger partial charge >= 0.3 is 18.1 Å². The molecular weight excluding hydrogens is 203 g/mol. The Morgan fingerprint density at radius 3 is 1.69 bits per heavy atom. The number of Topliss-reactive ketones (excluding diaryl/α,β-unsaturated/α-hetero) is 1. The third-order valence-corrected chi connectivity index (χ3v) is 1.04. The first-order chi connectivity index (χ1) is 5.58. The molecular formula is C5H3F5O3. The summed E-state index contributed by atoms with van der Waals surface area (Å²) in [6, 6.07) is 0. The van der Waals surface area contributed by atoms with E-state index in [-0.39, 0.29) is 0 Å². The summed E-state index contributed by atoms with van der Waals surface area (Å²) in [7, 11) is 0. The van der Waals surface area contributed by atoms with Gasteiger partial charge in [-0.3, -0.25) is 4.79 Å². The van der Waals surface area contributed by atoms with Crippen LogP contribution in [-0.4, -0.2) is 29.0 Å². The lowest BCUT2D eigenvalue weighted by molar-refractivity contribution is -0.281. The number of hydrogen-bond acceptors (Lipinski definition) is 2. The predicted octanol–water partition coefficient (Wildman–Crippen LogP) is 1.23. The highest BCUT2D eigenvalue weighted by Gasteiger charge is 2.58. The zero-order valence-electron chi connectivity index (χ0n) is 5.86. The Labute approximate surface area is 68.1 Å². The molecule has 0 amide bonds. The molecule has 0 radical (unpaired) electrons. The molecule has 0 aromatic rings. The molecule has 8 heteroatoms. The van der Waals surface area contributed by atoms with E-state index in [1.54, 1.807) is 0 Å². The summed E-state index contributed by atoms with van der Waals surface area (Å²) in [5.41, 5.74) is 0. The Bertz CT molecular complexity index is 231. The maximum absolute atomic E-state index is 11.9. The second-order valence-electron chi connectivity index (χ2n) is 2.11. The standard InChI is InChI=1S/C5H3F5O3/c6-4(7,5(8,9)10)1-2(11)3(12)13/h1H2,(H,12,13). The number of halogens is 5. The average molecular weight is 206 g/mol. The third-order valence-electron chi connectivity index (χ3n) is 1.04. The number of carbonyl (C=O) groups is 2. The van der Waals surface area contributed by atoms with Crippen LogP contribution >= 0.6 is 0 Å². The molecule has 0 atom stereocenters. The van der Waals surface area contributed by atoms with Crippen molar-refractivity contribution < 1.29 is 36.6 Å². The van der Waals surface area contributed by atoms with Gasteiger partial charge in [-0.1, -0.05) is 0 Å². The van der Waals surface area contributed by atoms with Gasteiger partial charge in [0.15, 0.2) is 0 Å². The van der Waals surface area contributed by atoms with Crippen LogP contribution in [0.25, 0.3) is 0 Å². The van der Waals surface area contributed by atoms with Crippen LogP contribution in [0.3, 0.4) is 0 Å². The molecule has 1 N–H and O–H groups in total. The minimum Gasteiger partial charge on any atom is -0.475 e. The summed E-state index contributed by atoms with van der Waals surface area (Å²) in [4.78, 5) is 19.7. The van der Waals surface area contributed by atoms with Gasteiger partial charge in [-0.15, -0.1) is 0 Å². The minimum absolute atomic E-state index is 2.18. The van der Waals surface area contributed by atoms with Crippen LogP contribution in [0.5, 0.6) is 0 Å². The molecule has 0 heterocycles. The topological polar surface area (TPSA) is 54.4 Å². The molecule has 0 spiro atoms. The number of alkyl halides is 5. The highest BCUT2D eigenvalue weighted by molar-refractivity contribution is 6.32. The fraction of sp³-hybridized carbons (Fsp3) is 0.600. The van der Waals surface area contributed by atoms with Crippen molar-refractivity contribution in [1.82, 2.24) is 0 Å². The highest BCUT2D eigenvalue weighted by atomic mass is 19.4. The van der Waals surface area contributed by atoms with E-state index >= 15 is 0 Å². The van der Waals surface area contributed by atoms with Gasteiger partial charge < -0.3 is 5.11 Å². The normalized spacial score (nSPS) is 12.7. The first-order valence-corrected chi connectivity index (χ1v) is 2.78. The largest absolute Gasteiger partial charge is 0.475 e. The maximum atomic E-state index is 11.9. The summed E-state index contributed by atoms with van der Waals surface area (Å²) < 4.78 is 58.0. The monoisotopic (exact) mass is 206 g/mol. The average Bonchev–Trinajstić information content (AvgIpc) is 1.83. The van der Waals surface area contributed by atoms with Crippen LogP contribution in [0.2, 0.25) is 0 Å². The Hall–Kier alpha value is -1.21. The molecule has 0 aliphatic heterocycles. The number of carboxylic acid groups (broad SMARTS) is 1. The molecule has 3 nitrogen and oxygen atoms in total. The predicted molar refractivity (Wildman–Crippen MR) is 28.3 cm³/mol. The number of carbonyl (C=O) groups excluding carboxylic acids is 1. The SMILES string of the molecule is O=C(O)C(=O)CC(F)(F)C(F)(F)F. The molecule has 0 saturated carbocycles. The smallest absolute Gasteiger partial charge is 0.453 e. The molecule has 76 valence electrons. The van der Waals surface area contributed by atoms with E-state index in [1.165, 1.54) is 0 Å². The second kappa shape index (κ2) is 3.27. The van der Waals surface area contributed by atoms with Gasteiger partial charge in [-0.2, -0.15) is 22.0 Å². The molecule has 0 unspecified atom stereocenters. The summed E-state index contributed by atoms with van der Waals surface area (Å²) >= 11 is 0. The number of ketones is 1. The van der Waals surface area contributed by atoms with Gasteiger partial charge in [0.25, 0.3) is 0 Å². The number of hydrogen-bond donors (Lipinski definition) is 1. The van der Waals surface area contributed by atoms with E-state index in [0.717, 1.165) is 0 Å². The molecule has 0 bridgehead atoms. The minimum atomic E-state index is -5.90. The molecule has 0 aromatic carbocycles. The number of aliphatic carboxylic acids is 1. The van der Waals surface area contributed by atoms with Crippen molar-refractivity contribution in [3.8, 4) is 0 Å². The molecule has 0 aliphatic carbocycles. The van der Waals surface area contributed by atoms with E-state index in [1.807, 2.05) is 0 Å². The van der Waals surface area contributed by atoms with E-state index in [2.05, 4.69) is 0 Å². The van der Waals surface area contributed by atoms with Gasteiger partial charge in [-0.25, -0.2) is 4.79 Å². The Kier molecular flexibility index (Phi) is 2.96. The van der Waals surface area contributed by atoms with E-state index in [0.29, 0.717) is 0 Å². The van der Waals surface area contributed by atoms with Crippen molar-refractivity contribution in [2.45, 2.75) is 18.5 Å². The van der Waals surface area contributed by atoms with Crippen LogP contribution < -0.4 is 0 Å². The quantitative estimate of drug-likeness (QED) is 0.558. The zero-order chi connectivity index (χ0) is 10.9. The lowest BCUT2D eigenvalue weighted by Gasteiger charge is -2.17. The van der Waals surface area contributed by atoms with Gasteiger partial charge in [-0.05, 0) is 0 Å². The lowest BCUT2D eigenvalue weighted by Crippen LogP contribution is -2.39. The first kappa shape index (κ1) is 11.8. The summed E-state index contributed by atoms with van der Waals surface area (Å²) in [5, 5.41) is 7.76. The van der Waals surface area contributed by atoms with Crippen LogP contribution in [0.1, 0.15) is 6.42 Å². The van der Waals surface area contributed by atoms with Crippen LogP contribution in [0.15, 0.2) is 0 Å². The van der Waals surface area contributed by atoms with E-state index < -0.39 is 30.3 Å². The van der Waals surface area contributed by atoms with Crippen molar-refractivity contribution in [1.29, 1.82) is 0 Å². The Morgan fingerprint density at radius 1 is 1.08 bits per heavy atom. The van der Waals surface area contributed by atoms with Crippen molar-refractivity contribution >= 4 is 11.8 Å². The summed E-state index contributed by atoms with van der Waals surface area (Å²) in [6.45, 7) is 0. The van der Waals surface area contributed by atoms with Crippen molar-refractivity contribution in [2.24, 2.45) is 0 Å². The first-order valence-electron chi connectivity index (χ1n) is 2.78. The Morgan fingerprint density at radius 2 is 1.46 bits per heavy atom. The van der Waals surface area contributed by atoms with Gasteiger partial charge in [0, 0.05) is 0 Å². The molecule has 0 fully saturated rings. The fourth-order valence-electron chi connectivity index (χ4n) is 0.377. The van der Waals surface area contributed by atoms with Crippen LogP contribution in [0, 0.1) is 0 Å². The van der Waals surface area contributed by atoms with Crippen LogP contribution in [-0.2, 0) is 9.59 Å². The van der Waals surface area contributed by atoms with Gasteiger partial charge in [0.1, 0.15) is 0 Å². The number of carboxylic acids is 1. The van der Waals surface area contributed by atoms with Crippen molar-refractivity contribution in [3.05, 3.63) is 0 Å². The van der Waals surface area contributed by atoms with E-state index in [9.17, 15) is 31.5 Å². The molecule has 0 rings (SSSR count). The van der Waals surface area contributed by atoms with Crippen molar-refractivity contribution in [3.63, 3.8) is 0 Å².